The number of aryl methyl sites for hydroxylation is 1. The van der Waals surface area contributed by atoms with Gasteiger partial charge in [-0.3, -0.25) is 9.36 Å². The zero-order valence-electron chi connectivity index (χ0n) is 12.7. The van der Waals surface area contributed by atoms with Gasteiger partial charge in [-0.1, -0.05) is 19.1 Å². The zero-order chi connectivity index (χ0) is 16.4. The van der Waals surface area contributed by atoms with Crippen molar-refractivity contribution in [3.05, 3.63) is 52.4 Å². The summed E-state index contributed by atoms with van der Waals surface area (Å²) in [6.07, 6.45) is 2.36. The number of nitrogens with two attached hydrogens (primary N) is 1. The quantitative estimate of drug-likeness (QED) is 0.800. The smallest absolute Gasteiger partial charge is 0.278 e. The van der Waals surface area contributed by atoms with Crippen LogP contribution in [0.15, 0.2) is 41.3 Å². The van der Waals surface area contributed by atoms with E-state index >= 15 is 0 Å². The van der Waals surface area contributed by atoms with Gasteiger partial charge in [0.2, 0.25) is 0 Å². The minimum atomic E-state index is -0.229. The highest BCUT2D eigenvalue weighted by molar-refractivity contribution is 5.85. The molecule has 2 heterocycles. The zero-order valence-corrected chi connectivity index (χ0v) is 12.7. The van der Waals surface area contributed by atoms with E-state index in [9.17, 15) is 4.79 Å². The Balaban J connectivity index is 2.37. The molecule has 3 rings (SSSR count). The molecule has 6 heteroatoms. The minimum Gasteiger partial charge on any atom is -0.397 e. The van der Waals surface area contributed by atoms with E-state index in [0.717, 1.165) is 6.42 Å². The molecule has 3 aromatic rings. The first kappa shape index (κ1) is 14.7. The standard InChI is InChI=1S/C17H15N5O/c1-2-8-22-16-15(13(19)6-7-20-16)21-14(17(22)23)12-5-3-4-11(9-12)10-18/h3-7,9H,2,8H2,1H3,(H2,19,20). The maximum absolute atomic E-state index is 12.8. The van der Waals surface area contributed by atoms with Gasteiger partial charge in [0.25, 0.3) is 5.56 Å². The first-order chi connectivity index (χ1) is 11.2. The Morgan fingerprint density at radius 1 is 1.35 bits per heavy atom. The van der Waals surface area contributed by atoms with E-state index in [1.165, 1.54) is 0 Å². The van der Waals surface area contributed by atoms with Crippen molar-refractivity contribution in [2.24, 2.45) is 0 Å². The van der Waals surface area contributed by atoms with Gasteiger partial charge in [0.05, 0.1) is 17.3 Å². The number of nitriles is 1. The number of aromatic nitrogens is 3. The van der Waals surface area contributed by atoms with E-state index < -0.39 is 0 Å². The monoisotopic (exact) mass is 305 g/mol. The Kier molecular flexibility index (Phi) is 3.77. The molecular weight excluding hydrogens is 290 g/mol. The van der Waals surface area contributed by atoms with Crippen molar-refractivity contribution in [3.8, 4) is 17.3 Å². The van der Waals surface area contributed by atoms with Gasteiger partial charge in [-0.15, -0.1) is 0 Å². The molecule has 0 radical (unpaired) electrons. The summed E-state index contributed by atoms with van der Waals surface area (Å²) < 4.78 is 1.59. The average Bonchev–Trinajstić information content (AvgIpc) is 2.57. The SMILES string of the molecule is CCCn1c(=O)c(-c2cccc(C#N)c2)nc2c(N)ccnc21. The van der Waals surface area contributed by atoms with Crippen LogP contribution >= 0.6 is 0 Å². The van der Waals surface area contributed by atoms with Crippen molar-refractivity contribution in [2.45, 2.75) is 19.9 Å². The second-order valence-electron chi connectivity index (χ2n) is 5.18. The van der Waals surface area contributed by atoms with E-state index in [-0.39, 0.29) is 11.3 Å². The molecule has 0 aliphatic carbocycles. The molecule has 1 aromatic carbocycles. The number of hydrogen-bond donors (Lipinski definition) is 1. The first-order valence-corrected chi connectivity index (χ1v) is 7.31. The van der Waals surface area contributed by atoms with Crippen LogP contribution < -0.4 is 11.3 Å². The van der Waals surface area contributed by atoms with Crippen LogP contribution in [-0.4, -0.2) is 14.5 Å². The third-order valence-electron chi connectivity index (χ3n) is 3.58. The molecule has 0 fully saturated rings. The largest absolute Gasteiger partial charge is 0.397 e. The fraction of sp³-hybridized carbons (Fsp3) is 0.176. The maximum atomic E-state index is 12.8. The van der Waals surface area contributed by atoms with Gasteiger partial charge < -0.3 is 5.73 Å². The van der Waals surface area contributed by atoms with Crippen molar-refractivity contribution in [1.29, 1.82) is 5.26 Å². The summed E-state index contributed by atoms with van der Waals surface area (Å²) in [4.78, 5) is 21.5. The van der Waals surface area contributed by atoms with Crippen molar-refractivity contribution >= 4 is 16.9 Å². The Labute approximate surface area is 132 Å². The van der Waals surface area contributed by atoms with E-state index in [1.807, 2.05) is 6.92 Å². The first-order valence-electron chi connectivity index (χ1n) is 7.31. The van der Waals surface area contributed by atoms with Gasteiger partial charge in [-0.25, -0.2) is 9.97 Å². The molecule has 0 bridgehead atoms. The predicted molar refractivity (Wildman–Crippen MR) is 88.7 cm³/mol. The second kappa shape index (κ2) is 5.89. The van der Waals surface area contributed by atoms with Crippen LogP contribution in [0.4, 0.5) is 5.69 Å². The van der Waals surface area contributed by atoms with Crippen LogP contribution in [0.3, 0.4) is 0 Å². The summed E-state index contributed by atoms with van der Waals surface area (Å²) in [5.74, 6) is 0. The van der Waals surface area contributed by atoms with Crippen molar-refractivity contribution in [3.63, 3.8) is 0 Å². The highest BCUT2D eigenvalue weighted by Gasteiger charge is 2.15. The number of anilines is 1. The molecule has 0 aliphatic heterocycles. The Bertz CT molecular complexity index is 984. The van der Waals surface area contributed by atoms with Gasteiger partial charge in [-0.05, 0) is 24.6 Å². The highest BCUT2D eigenvalue weighted by Crippen LogP contribution is 2.21. The third-order valence-corrected chi connectivity index (χ3v) is 3.58. The van der Waals surface area contributed by atoms with E-state index in [4.69, 9.17) is 11.0 Å². The van der Waals surface area contributed by atoms with Crippen molar-refractivity contribution < 1.29 is 0 Å². The molecule has 2 aromatic heterocycles. The molecule has 0 saturated heterocycles. The number of nitrogens with zero attached hydrogens (tertiary/aromatic N) is 4. The highest BCUT2D eigenvalue weighted by atomic mass is 16.1. The molecule has 0 atom stereocenters. The van der Waals surface area contributed by atoms with Gasteiger partial charge in [0, 0.05) is 18.3 Å². The summed E-state index contributed by atoms with van der Waals surface area (Å²) in [6, 6.07) is 10.6. The predicted octanol–water partition coefficient (Wildman–Crippen LogP) is 2.32. The molecule has 0 unspecified atom stereocenters. The van der Waals surface area contributed by atoms with Crippen LogP contribution in [0.25, 0.3) is 22.4 Å². The summed E-state index contributed by atoms with van der Waals surface area (Å²) >= 11 is 0. The summed E-state index contributed by atoms with van der Waals surface area (Å²) in [5.41, 5.74) is 8.58. The fourth-order valence-electron chi connectivity index (χ4n) is 2.51. The number of nitrogen functional groups attached to an aromatic ring is 1. The summed E-state index contributed by atoms with van der Waals surface area (Å²) in [6.45, 7) is 2.51. The van der Waals surface area contributed by atoms with Crippen LogP contribution in [-0.2, 0) is 6.54 Å². The number of fused-ring (bicyclic) bond motifs is 1. The van der Waals surface area contributed by atoms with Crippen LogP contribution in [0, 0.1) is 11.3 Å². The molecule has 6 nitrogen and oxygen atoms in total. The fourth-order valence-corrected chi connectivity index (χ4v) is 2.51. The lowest BCUT2D eigenvalue weighted by Gasteiger charge is -2.11. The maximum Gasteiger partial charge on any atom is 0.278 e. The van der Waals surface area contributed by atoms with E-state index in [0.29, 0.717) is 34.5 Å². The molecule has 0 amide bonds. The summed E-state index contributed by atoms with van der Waals surface area (Å²) in [5, 5.41) is 9.05. The van der Waals surface area contributed by atoms with Gasteiger partial charge in [-0.2, -0.15) is 5.26 Å². The molecule has 114 valence electrons. The van der Waals surface area contributed by atoms with Gasteiger partial charge in [0.1, 0.15) is 11.2 Å². The normalized spacial score (nSPS) is 10.6. The Morgan fingerprint density at radius 3 is 2.91 bits per heavy atom. The molecule has 2 N–H and O–H groups in total. The van der Waals surface area contributed by atoms with Gasteiger partial charge >= 0.3 is 0 Å². The number of benzene rings is 1. The minimum absolute atomic E-state index is 0.229. The number of rotatable bonds is 3. The number of hydrogen-bond acceptors (Lipinski definition) is 5. The van der Waals surface area contributed by atoms with Crippen LogP contribution in [0.2, 0.25) is 0 Å². The molecule has 0 saturated carbocycles. The average molecular weight is 305 g/mol. The van der Waals surface area contributed by atoms with Crippen LogP contribution in [0.1, 0.15) is 18.9 Å². The molecule has 0 spiro atoms. The lowest BCUT2D eigenvalue weighted by molar-refractivity contribution is 0.670. The topological polar surface area (TPSA) is 97.6 Å². The van der Waals surface area contributed by atoms with Crippen molar-refractivity contribution in [1.82, 2.24) is 14.5 Å². The Hall–Kier alpha value is -3.20. The molecular formula is C17H15N5O. The van der Waals surface area contributed by atoms with Crippen LogP contribution in [0.5, 0.6) is 0 Å². The number of pyridine rings is 1. The lowest BCUT2D eigenvalue weighted by Crippen LogP contribution is -2.24. The Morgan fingerprint density at radius 2 is 2.17 bits per heavy atom. The van der Waals surface area contributed by atoms with Crippen molar-refractivity contribution in [2.75, 3.05) is 5.73 Å². The van der Waals surface area contributed by atoms with E-state index in [1.54, 1.807) is 41.1 Å². The third kappa shape index (κ3) is 2.53. The summed E-state index contributed by atoms with van der Waals surface area (Å²) in [7, 11) is 0. The molecule has 23 heavy (non-hydrogen) atoms. The second-order valence-corrected chi connectivity index (χ2v) is 5.18. The molecule has 0 aliphatic rings. The van der Waals surface area contributed by atoms with Gasteiger partial charge in [0.15, 0.2) is 5.65 Å². The van der Waals surface area contributed by atoms with E-state index in [2.05, 4.69) is 16.0 Å². The lowest BCUT2D eigenvalue weighted by atomic mass is 10.1.